The minimum absolute atomic E-state index is 0.125. The molecule has 0 aliphatic carbocycles. The highest BCUT2D eigenvalue weighted by Crippen LogP contribution is 2.37. The fraction of sp³-hybridized carbons (Fsp3) is 0.0400. The third-order valence-electron chi connectivity index (χ3n) is 5.31. The van der Waals surface area contributed by atoms with E-state index in [1.807, 2.05) is 42.5 Å². The van der Waals surface area contributed by atoms with E-state index < -0.39 is 5.56 Å². The number of rotatable bonds is 4. The van der Waals surface area contributed by atoms with Crippen LogP contribution in [-0.2, 0) is 0 Å². The molecule has 0 spiro atoms. The first-order valence-corrected chi connectivity index (χ1v) is 10.3. The van der Waals surface area contributed by atoms with Crippen molar-refractivity contribution < 1.29 is 9.84 Å². The molecule has 6 nitrogen and oxygen atoms in total. The number of hydrogen-bond acceptors (Lipinski definition) is 4. The number of nitrogens with zero attached hydrogens (tertiary/aromatic N) is 2. The fourth-order valence-electron chi connectivity index (χ4n) is 3.80. The van der Waals surface area contributed by atoms with Crippen molar-refractivity contribution in [2.75, 3.05) is 7.11 Å². The van der Waals surface area contributed by atoms with Crippen molar-refractivity contribution >= 4 is 17.2 Å². The second-order valence-corrected chi connectivity index (χ2v) is 7.68. The Kier molecular flexibility index (Phi) is 4.92. The zero-order valence-electron chi connectivity index (χ0n) is 17.0. The summed E-state index contributed by atoms with van der Waals surface area (Å²) in [5.74, 6) is 0.402. The molecular weight excluding hydrogens is 426 g/mol. The van der Waals surface area contributed by atoms with Crippen molar-refractivity contribution in [3.63, 3.8) is 0 Å². The molecule has 2 heterocycles. The minimum Gasteiger partial charge on any atom is -0.497 e. The SMILES string of the molecule is COc1ccc(-c2c(O)n3nc(-c4ccccc4)c(-c4cccc(Cl)c4)c3[nH]c2=O)cc1. The zero-order valence-corrected chi connectivity index (χ0v) is 17.8. The first-order valence-electron chi connectivity index (χ1n) is 9.90. The lowest BCUT2D eigenvalue weighted by Gasteiger charge is -2.08. The molecule has 0 aliphatic rings. The van der Waals surface area contributed by atoms with Gasteiger partial charge in [-0.2, -0.15) is 9.61 Å². The largest absolute Gasteiger partial charge is 0.497 e. The summed E-state index contributed by atoms with van der Waals surface area (Å²) in [5.41, 5.74) is 3.54. The normalized spacial score (nSPS) is 11.1. The van der Waals surface area contributed by atoms with Crippen LogP contribution in [0.3, 0.4) is 0 Å². The average Bonchev–Trinajstić information content (AvgIpc) is 3.20. The van der Waals surface area contributed by atoms with Crippen molar-refractivity contribution in [3.05, 3.63) is 94.2 Å². The van der Waals surface area contributed by atoms with Crippen molar-refractivity contribution in [2.24, 2.45) is 0 Å². The molecule has 0 fully saturated rings. The minimum atomic E-state index is -0.428. The van der Waals surface area contributed by atoms with Crippen LogP contribution in [0.1, 0.15) is 0 Å². The van der Waals surface area contributed by atoms with Crippen LogP contribution in [0.5, 0.6) is 11.6 Å². The highest BCUT2D eigenvalue weighted by atomic mass is 35.5. The summed E-state index contributed by atoms with van der Waals surface area (Å²) < 4.78 is 6.55. The number of fused-ring (bicyclic) bond motifs is 1. The molecule has 0 saturated carbocycles. The molecule has 3 aromatic carbocycles. The van der Waals surface area contributed by atoms with Crippen LogP contribution < -0.4 is 10.3 Å². The van der Waals surface area contributed by atoms with Crippen molar-refractivity contribution in [2.45, 2.75) is 0 Å². The summed E-state index contributed by atoms with van der Waals surface area (Å²) in [5, 5.41) is 16.4. The summed E-state index contributed by atoms with van der Waals surface area (Å²) in [6.45, 7) is 0. The van der Waals surface area contributed by atoms with Crippen LogP contribution in [0, 0.1) is 0 Å². The monoisotopic (exact) mass is 443 g/mol. The highest BCUT2D eigenvalue weighted by molar-refractivity contribution is 6.30. The summed E-state index contributed by atoms with van der Waals surface area (Å²) in [4.78, 5) is 16.0. The molecule has 32 heavy (non-hydrogen) atoms. The molecule has 5 aromatic rings. The lowest BCUT2D eigenvalue weighted by Crippen LogP contribution is -2.12. The summed E-state index contributed by atoms with van der Waals surface area (Å²) in [6, 6.07) is 23.8. The Labute approximate surface area is 188 Å². The molecule has 2 aromatic heterocycles. The molecule has 0 saturated heterocycles. The quantitative estimate of drug-likeness (QED) is 0.390. The fourth-order valence-corrected chi connectivity index (χ4v) is 3.99. The Morgan fingerprint density at radius 2 is 1.62 bits per heavy atom. The number of hydrogen-bond donors (Lipinski definition) is 2. The number of ether oxygens (including phenoxy) is 1. The summed E-state index contributed by atoms with van der Waals surface area (Å²) in [6.07, 6.45) is 0. The standard InChI is InChI=1S/C25H18ClN3O3/c1-32-19-12-10-15(11-13-19)21-24(30)27-23-20(17-8-5-9-18(26)14-17)22(28-29(23)25(21)31)16-6-3-2-4-7-16/h2-14,31H,1H3,(H,27,30). The van der Waals surface area contributed by atoms with Crippen LogP contribution in [0.15, 0.2) is 83.7 Å². The number of H-pyrrole nitrogens is 1. The van der Waals surface area contributed by atoms with E-state index in [4.69, 9.17) is 16.3 Å². The van der Waals surface area contributed by atoms with Crippen LogP contribution in [0.4, 0.5) is 0 Å². The Morgan fingerprint density at radius 3 is 2.31 bits per heavy atom. The van der Waals surface area contributed by atoms with E-state index in [9.17, 15) is 9.90 Å². The number of halogens is 1. The van der Waals surface area contributed by atoms with Gasteiger partial charge in [0, 0.05) is 10.6 Å². The Bertz CT molecular complexity index is 1490. The Balaban J connectivity index is 1.83. The lowest BCUT2D eigenvalue weighted by atomic mass is 10.0. The first kappa shape index (κ1) is 19.9. The van der Waals surface area contributed by atoms with E-state index in [1.54, 1.807) is 43.5 Å². The second kappa shape index (κ2) is 7.90. The van der Waals surface area contributed by atoms with Crippen LogP contribution in [-0.4, -0.2) is 26.8 Å². The van der Waals surface area contributed by atoms with Crippen LogP contribution in [0.2, 0.25) is 5.02 Å². The van der Waals surface area contributed by atoms with Gasteiger partial charge in [-0.25, -0.2) is 0 Å². The van der Waals surface area contributed by atoms with E-state index in [-0.39, 0.29) is 11.4 Å². The van der Waals surface area contributed by atoms with Gasteiger partial charge >= 0.3 is 0 Å². The van der Waals surface area contributed by atoms with Gasteiger partial charge in [0.15, 0.2) is 0 Å². The number of aromatic hydroxyl groups is 1. The van der Waals surface area contributed by atoms with Crippen molar-refractivity contribution in [1.82, 2.24) is 14.6 Å². The zero-order chi connectivity index (χ0) is 22.2. The molecule has 2 N–H and O–H groups in total. The second-order valence-electron chi connectivity index (χ2n) is 7.24. The third-order valence-corrected chi connectivity index (χ3v) is 5.54. The van der Waals surface area contributed by atoms with Crippen molar-refractivity contribution in [1.29, 1.82) is 0 Å². The van der Waals surface area contributed by atoms with Crippen LogP contribution >= 0.6 is 11.6 Å². The molecule has 7 heteroatoms. The Morgan fingerprint density at radius 1 is 0.906 bits per heavy atom. The maximum atomic E-state index is 13.1. The number of aromatic amines is 1. The van der Waals surface area contributed by atoms with Gasteiger partial charge in [-0.3, -0.25) is 4.79 Å². The van der Waals surface area contributed by atoms with Gasteiger partial charge in [0.2, 0.25) is 5.88 Å². The van der Waals surface area contributed by atoms with Gasteiger partial charge in [0.25, 0.3) is 5.56 Å². The molecule has 0 atom stereocenters. The van der Waals surface area contributed by atoms with Crippen molar-refractivity contribution in [3.8, 4) is 45.1 Å². The van der Waals surface area contributed by atoms with E-state index in [2.05, 4.69) is 10.1 Å². The number of aromatic nitrogens is 3. The first-order chi connectivity index (χ1) is 15.6. The maximum Gasteiger partial charge on any atom is 0.262 e. The number of methoxy groups -OCH3 is 1. The molecule has 0 amide bonds. The summed E-state index contributed by atoms with van der Waals surface area (Å²) in [7, 11) is 1.57. The topological polar surface area (TPSA) is 79.6 Å². The van der Waals surface area contributed by atoms with E-state index in [1.165, 1.54) is 4.52 Å². The van der Waals surface area contributed by atoms with Gasteiger partial charge in [-0.05, 0) is 35.4 Å². The third kappa shape index (κ3) is 3.31. The summed E-state index contributed by atoms with van der Waals surface area (Å²) >= 11 is 6.25. The highest BCUT2D eigenvalue weighted by Gasteiger charge is 2.23. The van der Waals surface area contributed by atoms with Gasteiger partial charge in [-0.1, -0.05) is 66.2 Å². The molecule has 5 rings (SSSR count). The average molecular weight is 444 g/mol. The molecule has 0 aliphatic heterocycles. The Hall–Kier alpha value is -4.03. The van der Waals surface area contributed by atoms with Gasteiger partial charge < -0.3 is 14.8 Å². The smallest absolute Gasteiger partial charge is 0.262 e. The van der Waals surface area contributed by atoms with Gasteiger partial charge in [-0.15, -0.1) is 0 Å². The van der Waals surface area contributed by atoms with E-state index in [0.29, 0.717) is 33.2 Å². The molecule has 0 radical (unpaired) electrons. The van der Waals surface area contributed by atoms with E-state index in [0.717, 1.165) is 11.1 Å². The molecule has 158 valence electrons. The van der Waals surface area contributed by atoms with E-state index >= 15 is 0 Å². The number of benzene rings is 3. The van der Waals surface area contributed by atoms with Gasteiger partial charge in [0.05, 0.1) is 12.7 Å². The molecule has 0 unspecified atom stereocenters. The molecule has 0 bridgehead atoms. The van der Waals surface area contributed by atoms with Crippen LogP contribution in [0.25, 0.3) is 39.2 Å². The maximum absolute atomic E-state index is 13.1. The molecular formula is C25H18ClN3O3. The van der Waals surface area contributed by atoms with Gasteiger partial charge in [0.1, 0.15) is 22.7 Å². The number of nitrogens with one attached hydrogen (secondary N) is 1. The lowest BCUT2D eigenvalue weighted by molar-refractivity contribution is 0.415. The predicted octanol–water partition coefficient (Wildman–Crippen LogP) is 5.39. The predicted molar refractivity (Wildman–Crippen MR) is 125 cm³/mol.